The molecule has 0 bridgehead atoms. The van der Waals surface area contributed by atoms with Crippen molar-refractivity contribution in [2.24, 2.45) is 5.92 Å². The molecule has 0 fully saturated rings. The normalized spacial score (nSPS) is 26.1. The summed E-state index contributed by atoms with van der Waals surface area (Å²) in [5, 5.41) is 0. The third-order valence-electron chi connectivity index (χ3n) is 4.06. The maximum atomic E-state index is 12.9. The number of halogens is 1. The van der Waals surface area contributed by atoms with Gasteiger partial charge in [-0.05, 0) is 35.8 Å². The Morgan fingerprint density at radius 1 is 1.26 bits per heavy atom. The van der Waals surface area contributed by atoms with E-state index in [-0.39, 0.29) is 23.6 Å². The van der Waals surface area contributed by atoms with Gasteiger partial charge in [-0.1, -0.05) is 25.1 Å². The number of carbonyl (C=O) groups is 1. The summed E-state index contributed by atoms with van der Waals surface area (Å²) >= 11 is 0. The predicted molar refractivity (Wildman–Crippen MR) is 72.8 cm³/mol. The van der Waals surface area contributed by atoms with Crippen molar-refractivity contribution in [3.8, 4) is 0 Å². The van der Waals surface area contributed by atoms with Gasteiger partial charge in [0.05, 0.1) is 0 Å². The minimum Gasteiger partial charge on any atom is -0.369 e. The highest BCUT2D eigenvalue weighted by atomic mass is 19.1. The Morgan fingerprint density at radius 2 is 2.00 bits per heavy atom. The van der Waals surface area contributed by atoms with Crippen LogP contribution in [0.5, 0.6) is 0 Å². The van der Waals surface area contributed by atoms with E-state index in [4.69, 9.17) is 0 Å². The molecule has 0 amide bonds. The second-order valence-electron chi connectivity index (χ2n) is 5.22. The maximum absolute atomic E-state index is 12.9. The van der Waals surface area contributed by atoms with E-state index < -0.39 is 0 Å². The van der Waals surface area contributed by atoms with Gasteiger partial charge in [0.1, 0.15) is 5.82 Å². The molecule has 2 unspecified atom stereocenters. The number of hydrogen-bond acceptors (Lipinski definition) is 2. The van der Waals surface area contributed by atoms with Gasteiger partial charge in [-0.3, -0.25) is 4.79 Å². The van der Waals surface area contributed by atoms with Crippen LogP contribution in [0.3, 0.4) is 0 Å². The largest absolute Gasteiger partial charge is 0.369 e. The summed E-state index contributed by atoms with van der Waals surface area (Å²) in [5.41, 5.74) is 2.25. The molecular formula is C16H16FNO. The zero-order valence-electron chi connectivity index (χ0n) is 10.8. The molecule has 2 aliphatic heterocycles. The van der Waals surface area contributed by atoms with Crippen molar-refractivity contribution >= 4 is 11.4 Å². The fourth-order valence-electron chi connectivity index (χ4n) is 2.82. The van der Waals surface area contributed by atoms with Gasteiger partial charge in [0.25, 0.3) is 0 Å². The van der Waals surface area contributed by atoms with Crippen LogP contribution < -0.4 is 0 Å². The highest BCUT2D eigenvalue weighted by Gasteiger charge is 2.32. The number of benzene rings is 1. The zero-order valence-corrected chi connectivity index (χ0v) is 10.8. The molecule has 0 saturated heterocycles. The van der Waals surface area contributed by atoms with Crippen LogP contribution in [0.4, 0.5) is 4.39 Å². The molecule has 3 rings (SSSR count). The lowest BCUT2D eigenvalue weighted by Crippen LogP contribution is -2.44. The lowest BCUT2D eigenvalue weighted by Gasteiger charge is -2.40. The van der Waals surface area contributed by atoms with Gasteiger partial charge in [-0.15, -0.1) is 0 Å². The summed E-state index contributed by atoms with van der Waals surface area (Å²) in [4.78, 5) is 13.9. The van der Waals surface area contributed by atoms with Crippen molar-refractivity contribution in [1.29, 1.82) is 0 Å². The quantitative estimate of drug-likeness (QED) is 0.770. The molecule has 1 aromatic carbocycles. The molecule has 0 N–H and O–H groups in total. The van der Waals surface area contributed by atoms with Crippen molar-refractivity contribution in [1.82, 2.24) is 4.90 Å². The maximum Gasteiger partial charge on any atom is 0.161 e. The van der Waals surface area contributed by atoms with E-state index >= 15 is 0 Å². The molecule has 98 valence electrons. The summed E-state index contributed by atoms with van der Waals surface area (Å²) < 4.78 is 12.9. The Balaban J connectivity index is 1.85. The third-order valence-corrected chi connectivity index (χ3v) is 4.06. The van der Waals surface area contributed by atoms with Crippen LogP contribution in [-0.4, -0.2) is 23.3 Å². The molecule has 0 aliphatic carbocycles. The second kappa shape index (κ2) is 4.65. The summed E-state index contributed by atoms with van der Waals surface area (Å²) in [5.74, 6) is 0.0472. The zero-order chi connectivity index (χ0) is 13.4. The van der Waals surface area contributed by atoms with Crippen LogP contribution in [0.2, 0.25) is 0 Å². The molecule has 0 saturated carbocycles. The Bertz CT molecular complexity index is 559. The molecule has 1 aromatic rings. The van der Waals surface area contributed by atoms with E-state index in [2.05, 4.69) is 11.0 Å². The molecule has 0 radical (unpaired) electrons. The lowest BCUT2D eigenvalue weighted by molar-refractivity contribution is -0.120. The first-order valence-electron chi connectivity index (χ1n) is 6.58. The fourth-order valence-corrected chi connectivity index (χ4v) is 2.82. The first kappa shape index (κ1) is 12.2. The Kier molecular flexibility index (Phi) is 2.97. The van der Waals surface area contributed by atoms with Crippen molar-refractivity contribution in [3.63, 3.8) is 0 Å². The van der Waals surface area contributed by atoms with Gasteiger partial charge in [-0.2, -0.15) is 0 Å². The average Bonchev–Trinajstić information content (AvgIpc) is 2.43. The Labute approximate surface area is 112 Å². The van der Waals surface area contributed by atoms with Crippen LogP contribution >= 0.6 is 0 Å². The van der Waals surface area contributed by atoms with E-state index in [9.17, 15) is 9.18 Å². The van der Waals surface area contributed by atoms with Gasteiger partial charge >= 0.3 is 0 Å². The lowest BCUT2D eigenvalue weighted by atomic mass is 9.86. The number of nitrogens with zero attached hydrogens (tertiary/aromatic N) is 1. The van der Waals surface area contributed by atoms with Crippen molar-refractivity contribution in [3.05, 3.63) is 54.0 Å². The standard InChI is InChI=1S/C16H16FNO/c1-11-15-7-4-13(10-18(15)9-8-16(11)19)12-2-5-14(17)6-3-12/h2-6,8-9,11,15H,7,10H2,1H3. The van der Waals surface area contributed by atoms with Crippen molar-refractivity contribution in [2.45, 2.75) is 19.4 Å². The number of carbonyl (C=O) groups excluding carboxylic acids is 1. The number of hydrogen-bond donors (Lipinski definition) is 0. The number of allylic oxidation sites excluding steroid dienone is 1. The van der Waals surface area contributed by atoms with Crippen LogP contribution in [0.15, 0.2) is 42.6 Å². The Morgan fingerprint density at radius 3 is 2.74 bits per heavy atom. The second-order valence-corrected chi connectivity index (χ2v) is 5.22. The van der Waals surface area contributed by atoms with E-state index in [0.717, 1.165) is 18.5 Å². The van der Waals surface area contributed by atoms with Crippen molar-refractivity contribution < 1.29 is 9.18 Å². The summed E-state index contributed by atoms with van der Waals surface area (Å²) in [6.07, 6.45) is 6.60. The topological polar surface area (TPSA) is 20.3 Å². The summed E-state index contributed by atoms with van der Waals surface area (Å²) in [7, 11) is 0. The average molecular weight is 257 g/mol. The van der Waals surface area contributed by atoms with Gasteiger partial charge in [0, 0.05) is 24.7 Å². The van der Waals surface area contributed by atoms with Gasteiger partial charge in [0.2, 0.25) is 0 Å². The summed E-state index contributed by atoms with van der Waals surface area (Å²) in [6, 6.07) is 6.86. The van der Waals surface area contributed by atoms with Crippen LogP contribution in [0.1, 0.15) is 18.9 Å². The van der Waals surface area contributed by atoms with Gasteiger partial charge in [-0.25, -0.2) is 4.39 Å². The van der Waals surface area contributed by atoms with Crippen LogP contribution in [0, 0.1) is 11.7 Å². The van der Waals surface area contributed by atoms with Crippen LogP contribution in [-0.2, 0) is 4.79 Å². The first-order valence-corrected chi connectivity index (χ1v) is 6.58. The monoisotopic (exact) mass is 257 g/mol. The minimum absolute atomic E-state index is 0.0519. The third kappa shape index (κ3) is 2.21. The van der Waals surface area contributed by atoms with E-state index in [0.29, 0.717) is 0 Å². The first-order chi connectivity index (χ1) is 9.15. The fraction of sp³-hybridized carbons (Fsp3) is 0.312. The van der Waals surface area contributed by atoms with E-state index in [1.807, 2.05) is 25.3 Å². The van der Waals surface area contributed by atoms with Gasteiger partial charge < -0.3 is 4.90 Å². The molecule has 2 aliphatic rings. The minimum atomic E-state index is -0.213. The van der Waals surface area contributed by atoms with E-state index in [1.165, 1.54) is 17.7 Å². The SMILES string of the molecule is CC1C(=O)C=CN2CC(c3ccc(F)cc3)=CCC12. The molecule has 2 heterocycles. The predicted octanol–water partition coefficient (Wildman–Crippen LogP) is 3.02. The molecule has 2 atom stereocenters. The molecule has 0 spiro atoms. The molecule has 3 heteroatoms. The molecule has 2 nitrogen and oxygen atoms in total. The van der Waals surface area contributed by atoms with Crippen LogP contribution in [0.25, 0.3) is 5.57 Å². The number of fused-ring (bicyclic) bond motifs is 1. The van der Waals surface area contributed by atoms with Crippen molar-refractivity contribution in [2.75, 3.05) is 6.54 Å². The number of ketones is 1. The smallest absolute Gasteiger partial charge is 0.161 e. The van der Waals surface area contributed by atoms with E-state index in [1.54, 1.807) is 6.08 Å². The highest BCUT2D eigenvalue weighted by molar-refractivity contribution is 5.93. The number of rotatable bonds is 1. The molecular weight excluding hydrogens is 241 g/mol. The van der Waals surface area contributed by atoms with Gasteiger partial charge in [0.15, 0.2) is 5.78 Å². The summed E-state index contributed by atoms with van der Waals surface area (Å²) in [6.45, 7) is 2.77. The Hall–Kier alpha value is -1.90. The molecule has 19 heavy (non-hydrogen) atoms. The molecule has 0 aromatic heterocycles. The highest BCUT2D eigenvalue weighted by Crippen LogP contribution is 2.30.